The molecule has 3 aliphatic rings. The van der Waals surface area contributed by atoms with Crippen LogP contribution in [0.5, 0.6) is 0 Å². The van der Waals surface area contributed by atoms with Crippen LogP contribution in [0.25, 0.3) is 0 Å². The predicted octanol–water partition coefficient (Wildman–Crippen LogP) is 1.12. The summed E-state index contributed by atoms with van der Waals surface area (Å²) in [4.78, 5) is 9.69. The van der Waals surface area contributed by atoms with Gasteiger partial charge in [0.2, 0.25) is 0 Å². The van der Waals surface area contributed by atoms with E-state index in [-0.39, 0.29) is 33.4 Å². The number of hydrogen-bond acceptors (Lipinski definition) is 4. The Morgan fingerprint density at radius 1 is 1.00 bits per heavy atom. The fraction of sp³-hybridized carbons (Fsp3) is 0.391. The molecule has 0 saturated carbocycles. The molecule has 5 heteroatoms. The van der Waals surface area contributed by atoms with Crippen LogP contribution >= 0.6 is 0 Å². The molecule has 1 aliphatic carbocycles. The summed E-state index contributed by atoms with van der Waals surface area (Å²) < 4.78 is 13.8. The first-order valence-corrected chi connectivity index (χ1v) is 12.8. The Kier molecular flexibility index (Phi) is 5.09. The molecule has 0 amide bonds. The van der Waals surface area contributed by atoms with Crippen LogP contribution in [0.1, 0.15) is 48.1 Å². The van der Waals surface area contributed by atoms with Gasteiger partial charge in [0.15, 0.2) is 0 Å². The van der Waals surface area contributed by atoms with Crippen molar-refractivity contribution in [2.45, 2.75) is 42.4 Å². The molecule has 0 N–H and O–H groups in total. The van der Waals surface area contributed by atoms with Crippen LogP contribution < -0.4 is 21.2 Å². The van der Waals surface area contributed by atoms with E-state index < -0.39 is 0 Å². The third-order valence-electron chi connectivity index (χ3n) is 5.43. The van der Waals surface area contributed by atoms with Crippen molar-refractivity contribution in [3.63, 3.8) is 0 Å². The van der Waals surface area contributed by atoms with Crippen molar-refractivity contribution < 1.29 is 30.7 Å². The molecule has 2 aliphatic heterocycles. The summed E-state index contributed by atoms with van der Waals surface area (Å²) in [5.41, 5.74) is 4.75. The Labute approximate surface area is 176 Å². The summed E-state index contributed by atoms with van der Waals surface area (Å²) in [7, 11) is 0. The first-order valence-electron chi connectivity index (χ1n) is 10.0. The maximum absolute atomic E-state index is 6.18. The van der Waals surface area contributed by atoms with E-state index in [9.17, 15) is 0 Å². The van der Waals surface area contributed by atoms with Gasteiger partial charge in [-0.1, -0.05) is 18.2 Å². The van der Waals surface area contributed by atoms with Crippen LogP contribution in [0.3, 0.4) is 0 Å². The van der Waals surface area contributed by atoms with Gasteiger partial charge in [-0.25, -0.2) is 0 Å². The number of nitrogens with zero attached hydrogens (tertiary/aromatic N) is 2. The zero-order chi connectivity index (χ0) is 18.9. The van der Waals surface area contributed by atoms with Crippen molar-refractivity contribution >= 4 is 11.8 Å². The first-order chi connectivity index (χ1) is 13.8. The molecule has 3 atom stereocenters. The van der Waals surface area contributed by atoms with E-state index in [2.05, 4.69) is 55.5 Å². The molecule has 0 bridgehead atoms. The summed E-state index contributed by atoms with van der Waals surface area (Å²) >= 11 is 0.102. The molecule has 0 aromatic heterocycles. The van der Waals surface area contributed by atoms with Crippen LogP contribution in [0.4, 0.5) is 0 Å². The fourth-order valence-corrected chi connectivity index (χ4v) is 6.72. The molecular weight excluding hydrogens is 463 g/mol. The molecule has 0 spiro atoms. The van der Waals surface area contributed by atoms with Crippen LogP contribution in [0.15, 0.2) is 58.5 Å². The number of ether oxygens (including phenoxy) is 2. The molecule has 0 radical (unpaired) electrons. The van der Waals surface area contributed by atoms with E-state index in [0.29, 0.717) is 4.05 Å². The summed E-state index contributed by atoms with van der Waals surface area (Å²) in [6.45, 7) is 3.00. The van der Waals surface area contributed by atoms with Crippen LogP contribution in [0, 0.1) is 0 Å². The Hall–Kier alpha value is -1.89. The Balaban J connectivity index is 1.29. The van der Waals surface area contributed by atoms with Crippen LogP contribution in [-0.4, -0.2) is 33.0 Å². The van der Waals surface area contributed by atoms with Crippen molar-refractivity contribution in [2.24, 2.45) is 9.98 Å². The zero-order valence-electron chi connectivity index (χ0n) is 16.0. The second kappa shape index (κ2) is 7.85. The van der Waals surface area contributed by atoms with Gasteiger partial charge >= 0.3 is 158 Å². The van der Waals surface area contributed by atoms with Crippen molar-refractivity contribution in [2.75, 3.05) is 11.0 Å². The number of hydrogen-bond donors (Lipinski definition) is 0. The first kappa shape index (κ1) is 18.2. The number of unbranched alkanes of at least 4 members (excludes halogenated alkanes) is 1. The molecule has 28 heavy (non-hydrogen) atoms. The number of rotatable bonds is 6. The average Bonchev–Trinajstić information content (AvgIpc) is 3.43. The van der Waals surface area contributed by atoms with Crippen molar-refractivity contribution in [3.05, 3.63) is 70.8 Å². The fourth-order valence-electron chi connectivity index (χ4n) is 3.92. The molecule has 2 heterocycles. The minimum absolute atomic E-state index is 0.102. The standard InChI is InChI=1S/C23H24IN2O2/c1-2-3-12-24-20-14-27-22(25-20)15-8-10-16(11-9-15)23-26-21-18-7-5-4-6-17(18)13-19(21)28-23/h4-11,19-21H,2-3,12-14H2,1H3/q-1/t19-,20-,21+/m1/s1. The number of alkyl halides is 2. The van der Waals surface area contributed by atoms with Gasteiger partial charge in [0.05, 0.1) is 0 Å². The zero-order valence-corrected chi connectivity index (χ0v) is 18.1. The maximum atomic E-state index is 6.18. The minimum atomic E-state index is 0.102. The number of fused-ring (bicyclic) bond motifs is 3. The SMILES string of the molecule is CCCC[I-][C@H]1COC(c2ccc(C3=N[C@H]4c5ccccc5C[C@H]4O3)cc2)=N1. The molecule has 5 rings (SSSR count). The summed E-state index contributed by atoms with van der Waals surface area (Å²) in [5.74, 6) is 1.56. The van der Waals surface area contributed by atoms with E-state index in [1.54, 1.807) is 0 Å². The predicted molar refractivity (Wildman–Crippen MR) is 107 cm³/mol. The van der Waals surface area contributed by atoms with E-state index in [4.69, 9.17) is 19.5 Å². The molecule has 2 aromatic rings. The van der Waals surface area contributed by atoms with Gasteiger partial charge in [0.25, 0.3) is 0 Å². The average molecular weight is 487 g/mol. The summed E-state index contributed by atoms with van der Waals surface area (Å²) in [6, 6.07) is 17.0. The molecule has 0 unspecified atom stereocenters. The van der Waals surface area contributed by atoms with E-state index in [0.717, 1.165) is 36.0 Å². The Morgan fingerprint density at radius 3 is 2.61 bits per heavy atom. The third-order valence-corrected chi connectivity index (χ3v) is 8.47. The van der Waals surface area contributed by atoms with Crippen LogP contribution in [0.2, 0.25) is 0 Å². The molecule has 0 saturated heterocycles. The Morgan fingerprint density at radius 2 is 1.79 bits per heavy atom. The van der Waals surface area contributed by atoms with Gasteiger partial charge in [-0.2, -0.15) is 0 Å². The van der Waals surface area contributed by atoms with Gasteiger partial charge < -0.3 is 0 Å². The topological polar surface area (TPSA) is 43.2 Å². The van der Waals surface area contributed by atoms with Crippen molar-refractivity contribution in [1.82, 2.24) is 0 Å². The molecule has 0 fully saturated rings. The molecule has 2 aromatic carbocycles. The quantitative estimate of drug-likeness (QED) is 0.266. The monoisotopic (exact) mass is 487 g/mol. The third kappa shape index (κ3) is 3.45. The Bertz CT molecular complexity index is 922. The second-order valence-electron chi connectivity index (χ2n) is 7.39. The van der Waals surface area contributed by atoms with Gasteiger partial charge in [0, 0.05) is 0 Å². The summed E-state index contributed by atoms with van der Waals surface area (Å²) in [6.07, 6.45) is 3.67. The normalized spacial score (nSPS) is 25.0. The summed E-state index contributed by atoms with van der Waals surface area (Å²) in [5, 5.41) is 0. The van der Waals surface area contributed by atoms with Crippen molar-refractivity contribution in [1.29, 1.82) is 0 Å². The van der Waals surface area contributed by atoms with E-state index in [1.165, 1.54) is 28.4 Å². The van der Waals surface area contributed by atoms with Gasteiger partial charge in [-0.15, -0.1) is 0 Å². The van der Waals surface area contributed by atoms with E-state index >= 15 is 0 Å². The molecule has 146 valence electrons. The number of aliphatic imine (C=N–C) groups is 2. The molecular formula is C23H24IN2O2-. The van der Waals surface area contributed by atoms with Crippen LogP contribution in [-0.2, 0) is 15.9 Å². The molecule has 4 nitrogen and oxygen atoms in total. The van der Waals surface area contributed by atoms with Gasteiger partial charge in [-0.3, -0.25) is 0 Å². The number of benzene rings is 2. The van der Waals surface area contributed by atoms with Gasteiger partial charge in [0.1, 0.15) is 0 Å². The van der Waals surface area contributed by atoms with Crippen molar-refractivity contribution in [3.8, 4) is 0 Å². The number of halogens is 1. The van der Waals surface area contributed by atoms with Gasteiger partial charge in [-0.05, 0) is 0 Å². The second-order valence-corrected chi connectivity index (χ2v) is 10.8. The van der Waals surface area contributed by atoms with E-state index in [1.807, 2.05) is 0 Å².